The van der Waals surface area contributed by atoms with Crippen molar-refractivity contribution in [2.45, 2.75) is 39.4 Å². The quantitative estimate of drug-likeness (QED) is 0.486. The molecule has 3 rings (SSSR count). The van der Waals surface area contributed by atoms with Crippen LogP contribution in [0.3, 0.4) is 0 Å². The maximum Gasteiger partial charge on any atom is 0.254 e. The Balaban J connectivity index is 1.51. The molecule has 0 bridgehead atoms. The van der Waals surface area contributed by atoms with Crippen molar-refractivity contribution in [3.05, 3.63) is 35.4 Å². The van der Waals surface area contributed by atoms with Crippen LogP contribution >= 0.6 is 0 Å². The number of hydrogen-bond donors (Lipinski definition) is 3. The Bertz CT molecular complexity index is 776. The van der Waals surface area contributed by atoms with Gasteiger partial charge in [-0.1, -0.05) is 19.1 Å². The molecule has 2 heterocycles. The van der Waals surface area contributed by atoms with Crippen LogP contribution in [0.2, 0.25) is 0 Å². The predicted molar refractivity (Wildman–Crippen MR) is 118 cm³/mol. The van der Waals surface area contributed by atoms with Crippen molar-refractivity contribution in [3.63, 3.8) is 0 Å². The van der Waals surface area contributed by atoms with E-state index in [4.69, 9.17) is 0 Å². The minimum absolute atomic E-state index is 0.105. The lowest BCUT2D eigenvalue weighted by Crippen LogP contribution is -2.49. The first-order valence-corrected chi connectivity index (χ1v) is 10.7. The van der Waals surface area contributed by atoms with Gasteiger partial charge >= 0.3 is 0 Å². The van der Waals surface area contributed by atoms with Crippen molar-refractivity contribution in [1.82, 2.24) is 25.8 Å². The number of piperazine rings is 1. The maximum absolute atomic E-state index is 12.6. The van der Waals surface area contributed by atoms with Gasteiger partial charge in [0.2, 0.25) is 5.91 Å². The fourth-order valence-electron chi connectivity index (χ4n) is 3.93. The summed E-state index contributed by atoms with van der Waals surface area (Å²) in [6.07, 6.45) is 0. The van der Waals surface area contributed by atoms with Crippen molar-refractivity contribution in [2.24, 2.45) is 10.9 Å². The molecular weight excluding hydrogens is 380 g/mol. The van der Waals surface area contributed by atoms with Gasteiger partial charge in [0.25, 0.3) is 5.91 Å². The lowest BCUT2D eigenvalue weighted by atomic mass is 10.1. The topological polar surface area (TPSA) is 89.1 Å². The average Bonchev–Trinajstić information content (AvgIpc) is 3.11. The molecule has 30 heavy (non-hydrogen) atoms. The first kappa shape index (κ1) is 22.1. The zero-order valence-electron chi connectivity index (χ0n) is 18.4. The van der Waals surface area contributed by atoms with Crippen LogP contribution in [0, 0.1) is 5.92 Å². The van der Waals surface area contributed by atoms with Crippen molar-refractivity contribution in [3.8, 4) is 0 Å². The third kappa shape index (κ3) is 5.50. The number of nitrogens with one attached hydrogen (secondary N) is 3. The molecule has 0 saturated carbocycles. The Kier molecular flexibility index (Phi) is 7.31. The monoisotopic (exact) mass is 414 g/mol. The summed E-state index contributed by atoms with van der Waals surface area (Å²) in [5.74, 6) is 1.14. The van der Waals surface area contributed by atoms with E-state index in [0.29, 0.717) is 43.2 Å². The van der Waals surface area contributed by atoms with E-state index in [1.165, 1.54) is 0 Å². The van der Waals surface area contributed by atoms with Crippen molar-refractivity contribution in [2.75, 3.05) is 39.8 Å². The van der Waals surface area contributed by atoms with Crippen LogP contribution in [-0.2, 0) is 11.3 Å². The highest BCUT2D eigenvalue weighted by Crippen LogP contribution is 2.18. The Morgan fingerprint density at radius 3 is 2.60 bits per heavy atom. The molecule has 0 radical (unpaired) electrons. The van der Waals surface area contributed by atoms with E-state index in [1.54, 1.807) is 11.9 Å². The van der Waals surface area contributed by atoms with Gasteiger partial charge in [-0.05, 0) is 37.5 Å². The minimum Gasteiger partial charge on any atom is -0.353 e. The smallest absolute Gasteiger partial charge is 0.254 e. The van der Waals surface area contributed by atoms with Crippen LogP contribution in [0.15, 0.2) is 29.3 Å². The second-order valence-electron chi connectivity index (χ2n) is 8.48. The molecule has 3 N–H and O–H groups in total. The largest absolute Gasteiger partial charge is 0.353 e. The summed E-state index contributed by atoms with van der Waals surface area (Å²) in [5.41, 5.74) is 1.67. The number of nitrogens with zero attached hydrogens (tertiary/aromatic N) is 3. The van der Waals surface area contributed by atoms with Crippen LogP contribution in [0.1, 0.15) is 36.7 Å². The molecule has 2 atom stereocenters. The van der Waals surface area contributed by atoms with Gasteiger partial charge in [0.15, 0.2) is 5.96 Å². The zero-order valence-corrected chi connectivity index (χ0v) is 18.4. The van der Waals surface area contributed by atoms with Gasteiger partial charge < -0.3 is 20.9 Å². The average molecular weight is 415 g/mol. The summed E-state index contributed by atoms with van der Waals surface area (Å²) < 4.78 is 0. The number of aliphatic imine (C=N–C) groups is 1. The molecule has 2 aliphatic heterocycles. The molecule has 2 unspecified atom stereocenters. The number of likely N-dealkylation sites (tertiary alicyclic amines) is 1. The van der Waals surface area contributed by atoms with E-state index >= 15 is 0 Å². The van der Waals surface area contributed by atoms with Crippen molar-refractivity contribution >= 4 is 17.8 Å². The highest BCUT2D eigenvalue weighted by molar-refractivity contribution is 5.97. The van der Waals surface area contributed by atoms with E-state index in [0.717, 1.165) is 24.6 Å². The standard InChI is InChI=1S/C22H34N6O2/c1-15(2)28-12-16(3)19(13-28)26-22(23-4)25-11-17-5-7-18(8-6-17)21(30)27-10-9-24-20(29)14-27/h5-8,15-16,19H,9-14H2,1-4H3,(H,24,29)(H2,23,25,26). The van der Waals surface area contributed by atoms with Gasteiger partial charge in [0.05, 0.1) is 6.54 Å². The molecule has 0 spiro atoms. The number of carbonyl (C=O) groups excluding carboxylic acids is 2. The van der Waals surface area contributed by atoms with Gasteiger partial charge in [-0.25, -0.2) is 0 Å². The Morgan fingerprint density at radius 1 is 1.27 bits per heavy atom. The van der Waals surface area contributed by atoms with E-state index in [9.17, 15) is 9.59 Å². The maximum atomic E-state index is 12.6. The van der Waals surface area contributed by atoms with Gasteiger partial charge in [0, 0.05) is 57.4 Å². The molecule has 8 nitrogen and oxygen atoms in total. The van der Waals surface area contributed by atoms with Crippen LogP contribution in [0.25, 0.3) is 0 Å². The predicted octanol–water partition coefficient (Wildman–Crippen LogP) is 0.652. The highest BCUT2D eigenvalue weighted by atomic mass is 16.2. The van der Waals surface area contributed by atoms with E-state index in [2.05, 4.69) is 46.6 Å². The molecule has 1 aromatic rings. The second-order valence-corrected chi connectivity index (χ2v) is 8.48. The number of hydrogen-bond acceptors (Lipinski definition) is 4. The molecule has 2 fully saturated rings. The fourth-order valence-corrected chi connectivity index (χ4v) is 3.93. The summed E-state index contributed by atoms with van der Waals surface area (Å²) >= 11 is 0. The second kappa shape index (κ2) is 9.93. The molecule has 2 saturated heterocycles. The summed E-state index contributed by atoms with van der Waals surface area (Å²) in [6.45, 7) is 10.7. The lowest BCUT2D eigenvalue weighted by Gasteiger charge is -2.26. The number of benzene rings is 1. The van der Waals surface area contributed by atoms with Gasteiger partial charge in [0.1, 0.15) is 0 Å². The van der Waals surface area contributed by atoms with E-state index < -0.39 is 0 Å². The van der Waals surface area contributed by atoms with Crippen molar-refractivity contribution < 1.29 is 9.59 Å². The summed E-state index contributed by atoms with van der Waals surface area (Å²) in [6, 6.07) is 8.45. The zero-order chi connectivity index (χ0) is 21.7. The van der Waals surface area contributed by atoms with Crippen LogP contribution in [-0.4, -0.2) is 79.4 Å². The van der Waals surface area contributed by atoms with Crippen molar-refractivity contribution in [1.29, 1.82) is 0 Å². The number of rotatable bonds is 5. The number of amides is 2. The third-order valence-electron chi connectivity index (χ3n) is 5.90. The Hall–Kier alpha value is -2.61. The van der Waals surface area contributed by atoms with Gasteiger partial charge in [-0.2, -0.15) is 0 Å². The molecule has 2 amide bonds. The Morgan fingerprint density at radius 2 is 2.00 bits per heavy atom. The third-order valence-corrected chi connectivity index (χ3v) is 5.90. The number of carbonyl (C=O) groups is 2. The highest BCUT2D eigenvalue weighted by Gasteiger charge is 2.31. The molecular formula is C22H34N6O2. The van der Waals surface area contributed by atoms with Gasteiger partial charge in [-0.3, -0.25) is 19.5 Å². The first-order chi connectivity index (χ1) is 14.4. The summed E-state index contributed by atoms with van der Waals surface area (Å²) in [5, 5.41) is 9.65. The molecule has 0 aromatic heterocycles. The molecule has 164 valence electrons. The normalized spacial score (nSPS) is 22.9. The SMILES string of the molecule is CN=C(NCc1ccc(C(=O)N2CCNC(=O)C2)cc1)NC1CN(C(C)C)CC1C. The first-order valence-electron chi connectivity index (χ1n) is 10.7. The summed E-state index contributed by atoms with van der Waals surface area (Å²) in [7, 11) is 1.78. The lowest BCUT2D eigenvalue weighted by molar-refractivity contribution is -0.123. The molecule has 8 heteroatoms. The van der Waals surface area contributed by atoms with E-state index in [1.807, 2.05) is 24.3 Å². The van der Waals surface area contributed by atoms with Crippen LogP contribution in [0.4, 0.5) is 0 Å². The van der Waals surface area contributed by atoms with Crippen LogP contribution in [0.5, 0.6) is 0 Å². The minimum atomic E-state index is -0.109. The Labute approximate surface area is 179 Å². The molecule has 2 aliphatic rings. The van der Waals surface area contributed by atoms with Gasteiger partial charge in [-0.15, -0.1) is 0 Å². The fraction of sp³-hybridized carbons (Fsp3) is 0.591. The molecule has 0 aliphatic carbocycles. The summed E-state index contributed by atoms with van der Waals surface area (Å²) in [4.78, 5) is 32.5. The van der Waals surface area contributed by atoms with E-state index in [-0.39, 0.29) is 18.4 Å². The molecule has 1 aromatic carbocycles. The number of guanidine groups is 1. The van der Waals surface area contributed by atoms with Crippen LogP contribution < -0.4 is 16.0 Å².